The molecule has 4 rings (SSSR count). The molecule has 4 aliphatic rings. The molecular formula is C15H24N2O. The van der Waals surface area contributed by atoms with Crippen molar-refractivity contribution in [2.75, 3.05) is 6.54 Å². The van der Waals surface area contributed by atoms with Crippen molar-refractivity contribution in [2.45, 2.75) is 57.4 Å². The second-order valence-corrected chi connectivity index (χ2v) is 7.31. The van der Waals surface area contributed by atoms with Gasteiger partial charge in [0.25, 0.3) is 0 Å². The minimum absolute atomic E-state index is 0.0785. The van der Waals surface area contributed by atoms with Crippen LogP contribution in [0.1, 0.15) is 51.4 Å². The largest absolute Gasteiger partial charge is 0.338 e. The molecule has 0 saturated heterocycles. The van der Waals surface area contributed by atoms with E-state index in [9.17, 15) is 4.79 Å². The van der Waals surface area contributed by atoms with Gasteiger partial charge in [-0.25, -0.2) is 4.79 Å². The van der Waals surface area contributed by atoms with Crippen LogP contribution in [0, 0.1) is 23.2 Å². The Bertz CT molecular complexity index is 352. The fourth-order valence-corrected chi connectivity index (χ4v) is 4.08. The molecule has 3 nitrogen and oxygen atoms in total. The van der Waals surface area contributed by atoms with Crippen LogP contribution in [0.2, 0.25) is 0 Å². The maximum absolute atomic E-state index is 11.7. The highest BCUT2D eigenvalue weighted by atomic mass is 16.2. The average Bonchev–Trinajstić information content (AvgIpc) is 3.06. The molecule has 4 aliphatic carbocycles. The van der Waals surface area contributed by atoms with E-state index in [0.717, 1.165) is 24.3 Å². The standard InChI is InChI=1S/C15H24N2O/c18-14(17-12-7-15(8-12)4-5-15)16-9-11-6-13(11)10-2-1-3-10/h10-13H,1-9H2,(H2,16,17,18)/t11-,13-/m0/s1. The number of amides is 2. The molecule has 0 aromatic rings. The molecule has 0 bridgehead atoms. The highest BCUT2D eigenvalue weighted by Gasteiger charge is 2.53. The number of rotatable bonds is 4. The molecule has 0 heterocycles. The van der Waals surface area contributed by atoms with E-state index in [2.05, 4.69) is 10.6 Å². The Morgan fingerprint density at radius 3 is 2.61 bits per heavy atom. The van der Waals surface area contributed by atoms with Gasteiger partial charge < -0.3 is 10.6 Å². The predicted octanol–water partition coefficient (Wildman–Crippen LogP) is 2.66. The maximum atomic E-state index is 11.7. The lowest BCUT2D eigenvalue weighted by atomic mass is 9.77. The van der Waals surface area contributed by atoms with Crippen molar-refractivity contribution in [2.24, 2.45) is 23.2 Å². The Morgan fingerprint density at radius 2 is 2.00 bits per heavy atom. The van der Waals surface area contributed by atoms with Gasteiger partial charge in [0.2, 0.25) is 0 Å². The molecule has 3 heteroatoms. The van der Waals surface area contributed by atoms with Crippen LogP contribution < -0.4 is 10.6 Å². The van der Waals surface area contributed by atoms with Crippen LogP contribution >= 0.6 is 0 Å². The molecule has 4 saturated carbocycles. The highest BCUT2D eigenvalue weighted by Crippen LogP contribution is 2.60. The summed E-state index contributed by atoms with van der Waals surface area (Å²) in [5.74, 6) is 2.73. The lowest BCUT2D eigenvalue weighted by Crippen LogP contribution is -2.49. The molecule has 18 heavy (non-hydrogen) atoms. The molecule has 2 N–H and O–H groups in total. The third-order valence-electron chi connectivity index (χ3n) is 5.91. The van der Waals surface area contributed by atoms with Crippen molar-refractivity contribution in [3.63, 3.8) is 0 Å². The summed E-state index contributed by atoms with van der Waals surface area (Å²) < 4.78 is 0. The van der Waals surface area contributed by atoms with E-state index in [1.54, 1.807) is 0 Å². The number of hydrogen-bond donors (Lipinski definition) is 2. The minimum atomic E-state index is 0.0785. The third-order valence-corrected chi connectivity index (χ3v) is 5.91. The summed E-state index contributed by atoms with van der Waals surface area (Å²) in [4.78, 5) is 11.7. The summed E-state index contributed by atoms with van der Waals surface area (Å²) in [6, 6.07) is 0.545. The van der Waals surface area contributed by atoms with Gasteiger partial charge in [0, 0.05) is 12.6 Å². The Hall–Kier alpha value is -0.730. The Morgan fingerprint density at radius 1 is 1.22 bits per heavy atom. The monoisotopic (exact) mass is 248 g/mol. The van der Waals surface area contributed by atoms with Crippen LogP contribution in [0.15, 0.2) is 0 Å². The van der Waals surface area contributed by atoms with Gasteiger partial charge in [-0.3, -0.25) is 0 Å². The van der Waals surface area contributed by atoms with Crippen LogP contribution in [0.4, 0.5) is 4.79 Å². The molecule has 0 aromatic carbocycles. The Balaban J connectivity index is 1.12. The first-order valence-corrected chi connectivity index (χ1v) is 7.78. The summed E-state index contributed by atoms with van der Waals surface area (Å²) in [6.07, 6.45) is 10.9. The zero-order valence-electron chi connectivity index (χ0n) is 11.1. The number of urea groups is 1. The van der Waals surface area contributed by atoms with Crippen LogP contribution in [-0.4, -0.2) is 18.6 Å². The summed E-state index contributed by atoms with van der Waals surface area (Å²) in [7, 11) is 0. The predicted molar refractivity (Wildman–Crippen MR) is 70.2 cm³/mol. The molecule has 2 amide bonds. The second kappa shape index (κ2) is 3.88. The lowest BCUT2D eigenvalue weighted by Gasteiger charge is -2.36. The van der Waals surface area contributed by atoms with E-state index in [4.69, 9.17) is 0 Å². The van der Waals surface area contributed by atoms with Gasteiger partial charge >= 0.3 is 6.03 Å². The Labute approximate surface area is 109 Å². The number of hydrogen-bond acceptors (Lipinski definition) is 1. The third kappa shape index (κ3) is 2.02. The summed E-state index contributed by atoms with van der Waals surface area (Å²) in [5, 5.41) is 6.19. The van der Waals surface area contributed by atoms with Gasteiger partial charge in [-0.2, -0.15) is 0 Å². The van der Waals surface area contributed by atoms with Gasteiger partial charge in [0.05, 0.1) is 0 Å². The first kappa shape index (κ1) is 11.1. The van der Waals surface area contributed by atoms with Crippen LogP contribution in [0.25, 0.3) is 0 Å². The van der Waals surface area contributed by atoms with E-state index >= 15 is 0 Å². The highest BCUT2D eigenvalue weighted by molar-refractivity contribution is 5.74. The molecule has 0 aromatic heterocycles. The van der Waals surface area contributed by atoms with E-state index < -0.39 is 0 Å². The normalized spacial score (nSPS) is 36.7. The van der Waals surface area contributed by atoms with Crippen molar-refractivity contribution in [3.8, 4) is 0 Å². The van der Waals surface area contributed by atoms with E-state index in [1.807, 2.05) is 0 Å². The SMILES string of the molecule is O=C(NC[C@@H]1C[C@H]1C1CCC1)NC1CC2(CC2)C1. The van der Waals surface area contributed by atoms with E-state index in [1.165, 1.54) is 51.4 Å². The fraction of sp³-hybridized carbons (Fsp3) is 0.933. The quantitative estimate of drug-likeness (QED) is 0.789. The Kier molecular flexibility index (Phi) is 2.40. The zero-order chi connectivity index (χ0) is 12.2. The van der Waals surface area contributed by atoms with Crippen LogP contribution in [0.3, 0.4) is 0 Å². The van der Waals surface area contributed by atoms with Crippen molar-refractivity contribution >= 4 is 6.03 Å². The number of nitrogens with one attached hydrogen (secondary N) is 2. The van der Waals surface area contributed by atoms with Crippen molar-refractivity contribution in [3.05, 3.63) is 0 Å². The first-order chi connectivity index (χ1) is 8.74. The maximum Gasteiger partial charge on any atom is 0.315 e. The molecule has 0 aliphatic heterocycles. The molecule has 0 radical (unpaired) electrons. The molecular weight excluding hydrogens is 224 g/mol. The van der Waals surface area contributed by atoms with E-state index in [-0.39, 0.29) is 6.03 Å². The van der Waals surface area contributed by atoms with Gasteiger partial charge in [0.1, 0.15) is 0 Å². The molecule has 4 fully saturated rings. The average molecular weight is 248 g/mol. The van der Waals surface area contributed by atoms with Gasteiger partial charge in [-0.1, -0.05) is 19.3 Å². The van der Waals surface area contributed by atoms with Gasteiger partial charge in [-0.15, -0.1) is 0 Å². The molecule has 0 unspecified atom stereocenters. The summed E-state index contributed by atoms with van der Waals surface area (Å²) in [5.41, 5.74) is 0.684. The molecule has 100 valence electrons. The molecule has 1 spiro atoms. The van der Waals surface area contributed by atoms with Crippen LogP contribution in [0.5, 0.6) is 0 Å². The summed E-state index contributed by atoms with van der Waals surface area (Å²) >= 11 is 0. The number of carbonyl (C=O) groups is 1. The molecule has 2 atom stereocenters. The van der Waals surface area contributed by atoms with Crippen molar-refractivity contribution < 1.29 is 4.79 Å². The van der Waals surface area contributed by atoms with Crippen molar-refractivity contribution in [1.82, 2.24) is 10.6 Å². The van der Waals surface area contributed by atoms with E-state index in [0.29, 0.717) is 11.5 Å². The lowest BCUT2D eigenvalue weighted by molar-refractivity contribution is 0.188. The van der Waals surface area contributed by atoms with Gasteiger partial charge in [-0.05, 0) is 55.3 Å². The minimum Gasteiger partial charge on any atom is -0.338 e. The number of carbonyl (C=O) groups excluding carboxylic acids is 1. The van der Waals surface area contributed by atoms with Gasteiger partial charge in [0.15, 0.2) is 0 Å². The van der Waals surface area contributed by atoms with Crippen LogP contribution in [-0.2, 0) is 0 Å². The topological polar surface area (TPSA) is 41.1 Å². The second-order valence-electron chi connectivity index (χ2n) is 7.31. The summed E-state index contributed by atoms with van der Waals surface area (Å²) in [6.45, 7) is 0.908. The zero-order valence-corrected chi connectivity index (χ0v) is 11.1. The first-order valence-electron chi connectivity index (χ1n) is 7.78. The fourth-order valence-electron chi connectivity index (χ4n) is 4.08. The smallest absolute Gasteiger partial charge is 0.315 e. The van der Waals surface area contributed by atoms with Crippen molar-refractivity contribution in [1.29, 1.82) is 0 Å².